The fraction of sp³-hybridized carbons (Fsp3) is 0.310. The van der Waals surface area contributed by atoms with Crippen LogP contribution in [0.1, 0.15) is 64.2 Å². The Kier molecular flexibility index (Phi) is 7.19. The van der Waals surface area contributed by atoms with Crippen molar-refractivity contribution < 1.29 is 14.3 Å². The fourth-order valence-corrected chi connectivity index (χ4v) is 5.51. The number of hydrogen-bond acceptors (Lipinski definition) is 6. The molecule has 7 nitrogen and oxygen atoms in total. The van der Waals surface area contributed by atoms with Crippen LogP contribution in [0.3, 0.4) is 0 Å². The molecule has 2 aromatic heterocycles. The Morgan fingerprint density at radius 1 is 1.03 bits per heavy atom. The molecule has 4 aromatic rings. The lowest BCUT2D eigenvalue weighted by atomic mass is 9.97. The summed E-state index contributed by atoms with van der Waals surface area (Å²) in [6.07, 6.45) is 1.75. The number of piperidine rings is 1. The lowest BCUT2D eigenvalue weighted by Crippen LogP contribution is -2.37. The molecule has 5 rings (SSSR count). The molecule has 0 saturated carbocycles. The van der Waals surface area contributed by atoms with Crippen LogP contribution in [0.4, 0.5) is 5.69 Å². The quantitative estimate of drug-likeness (QED) is 0.338. The summed E-state index contributed by atoms with van der Waals surface area (Å²) in [6, 6.07) is 17.0. The average Bonchev–Trinajstić information content (AvgIpc) is 3.39. The highest BCUT2D eigenvalue weighted by molar-refractivity contribution is 7.10. The highest BCUT2D eigenvalue weighted by Gasteiger charge is 2.27. The molecule has 1 N–H and O–H groups in total. The van der Waals surface area contributed by atoms with E-state index >= 15 is 0 Å². The summed E-state index contributed by atoms with van der Waals surface area (Å²) in [5, 5.41) is 6.69. The first-order valence-corrected chi connectivity index (χ1v) is 13.4. The third kappa shape index (κ3) is 5.80. The largest absolute Gasteiger partial charge is 0.491 e. The number of aryl methyl sites for hydroxylation is 1. The van der Waals surface area contributed by atoms with Gasteiger partial charge in [0.2, 0.25) is 0 Å². The van der Waals surface area contributed by atoms with Crippen molar-refractivity contribution in [2.45, 2.75) is 45.6 Å². The SMILES string of the molecule is Cc1ccc2cc(NC(=O)c3csc(C4CCN(C(=O)c5ccc(OC(C)C)cc5)CC4)n3)ccc2n1. The van der Waals surface area contributed by atoms with Crippen LogP contribution in [-0.2, 0) is 0 Å². The van der Waals surface area contributed by atoms with E-state index in [0.29, 0.717) is 30.0 Å². The third-order valence-electron chi connectivity index (χ3n) is 6.45. The topological polar surface area (TPSA) is 84.4 Å². The number of likely N-dealkylation sites (tertiary alicyclic amines) is 1. The molecule has 2 aromatic carbocycles. The number of nitrogens with zero attached hydrogens (tertiary/aromatic N) is 3. The van der Waals surface area contributed by atoms with Gasteiger partial charge in [-0.15, -0.1) is 11.3 Å². The maximum absolute atomic E-state index is 13.0. The van der Waals surface area contributed by atoms with E-state index in [2.05, 4.69) is 15.3 Å². The van der Waals surface area contributed by atoms with Gasteiger partial charge in [0.05, 0.1) is 16.6 Å². The van der Waals surface area contributed by atoms with Crippen molar-refractivity contribution in [3.63, 3.8) is 0 Å². The Morgan fingerprint density at radius 3 is 2.51 bits per heavy atom. The van der Waals surface area contributed by atoms with Gasteiger partial charge in [0.1, 0.15) is 11.4 Å². The zero-order valence-corrected chi connectivity index (χ0v) is 22.0. The van der Waals surface area contributed by atoms with E-state index in [4.69, 9.17) is 4.74 Å². The molecule has 0 unspecified atom stereocenters. The molecular weight excluding hydrogens is 484 g/mol. The molecule has 1 fully saturated rings. The molecule has 8 heteroatoms. The minimum atomic E-state index is -0.223. The minimum Gasteiger partial charge on any atom is -0.491 e. The van der Waals surface area contributed by atoms with E-state index in [9.17, 15) is 9.59 Å². The maximum Gasteiger partial charge on any atom is 0.275 e. The van der Waals surface area contributed by atoms with Gasteiger partial charge in [-0.3, -0.25) is 14.6 Å². The molecule has 2 amide bonds. The van der Waals surface area contributed by atoms with E-state index in [1.54, 1.807) is 0 Å². The molecule has 0 radical (unpaired) electrons. The van der Waals surface area contributed by atoms with Crippen LogP contribution in [0.15, 0.2) is 60.0 Å². The summed E-state index contributed by atoms with van der Waals surface area (Å²) in [5.41, 5.74) is 3.66. The number of benzene rings is 2. The molecule has 3 heterocycles. The number of rotatable bonds is 6. The van der Waals surface area contributed by atoms with Crippen LogP contribution >= 0.6 is 11.3 Å². The van der Waals surface area contributed by atoms with Crippen molar-refractivity contribution >= 4 is 39.7 Å². The molecule has 0 spiro atoms. The van der Waals surface area contributed by atoms with Crippen molar-refractivity contribution in [2.75, 3.05) is 18.4 Å². The first-order chi connectivity index (χ1) is 17.9. The van der Waals surface area contributed by atoms with Gasteiger partial charge >= 0.3 is 0 Å². The van der Waals surface area contributed by atoms with Gasteiger partial charge in [-0.25, -0.2) is 4.98 Å². The molecule has 37 heavy (non-hydrogen) atoms. The first kappa shape index (κ1) is 24.9. The number of ether oxygens (including phenoxy) is 1. The number of amides is 2. The van der Waals surface area contributed by atoms with E-state index in [1.165, 1.54) is 11.3 Å². The van der Waals surface area contributed by atoms with Crippen molar-refractivity contribution in [3.05, 3.63) is 81.9 Å². The van der Waals surface area contributed by atoms with Crippen molar-refractivity contribution in [1.29, 1.82) is 0 Å². The smallest absolute Gasteiger partial charge is 0.275 e. The van der Waals surface area contributed by atoms with Crippen molar-refractivity contribution in [2.24, 2.45) is 0 Å². The molecule has 1 aliphatic heterocycles. The van der Waals surface area contributed by atoms with Crippen LogP contribution in [-0.4, -0.2) is 45.9 Å². The zero-order valence-electron chi connectivity index (χ0n) is 21.2. The van der Waals surface area contributed by atoms with Crippen LogP contribution < -0.4 is 10.1 Å². The number of fused-ring (bicyclic) bond motifs is 1. The molecule has 0 aliphatic carbocycles. The molecule has 190 valence electrons. The average molecular weight is 515 g/mol. The second-order valence-corrected chi connectivity index (χ2v) is 10.5. The standard InChI is InChI=1S/C29H30N4O3S/c1-18(2)36-24-9-6-21(7-10-24)29(35)33-14-12-20(13-15-33)28-32-26(17-37-28)27(34)31-23-8-11-25-22(16-23)5-4-19(3)30-25/h4-11,16-18,20H,12-15H2,1-3H3,(H,31,34). The molecule has 0 atom stereocenters. The van der Waals surface area contributed by atoms with Crippen LogP contribution in [0.2, 0.25) is 0 Å². The van der Waals surface area contributed by atoms with Gasteiger partial charge in [-0.2, -0.15) is 0 Å². The van der Waals surface area contributed by atoms with Crippen LogP contribution in [0.25, 0.3) is 10.9 Å². The predicted molar refractivity (Wildman–Crippen MR) is 147 cm³/mol. The van der Waals surface area contributed by atoms with Crippen molar-refractivity contribution in [1.82, 2.24) is 14.9 Å². The fourth-order valence-electron chi connectivity index (χ4n) is 4.54. The number of carbonyl (C=O) groups is 2. The Morgan fingerprint density at radius 2 is 1.78 bits per heavy atom. The van der Waals surface area contributed by atoms with Gasteiger partial charge in [-0.1, -0.05) is 6.07 Å². The summed E-state index contributed by atoms with van der Waals surface area (Å²) < 4.78 is 5.67. The highest BCUT2D eigenvalue weighted by Crippen LogP contribution is 2.31. The van der Waals surface area contributed by atoms with Crippen LogP contribution in [0, 0.1) is 6.92 Å². The predicted octanol–water partition coefficient (Wildman–Crippen LogP) is 6.06. The number of carbonyl (C=O) groups excluding carboxylic acids is 2. The van der Waals surface area contributed by atoms with Gasteiger partial charge < -0.3 is 15.0 Å². The normalized spacial score (nSPS) is 14.2. The van der Waals surface area contributed by atoms with E-state index in [-0.39, 0.29) is 23.8 Å². The summed E-state index contributed by atoms with van der Waals surface area (Å²) in [5.74, 6) is 0.822. The molecule has 1 saturated heterocycles. The van der Waals surface area contributed by atoms with E-state index < -0.39 is 0 Å². The van der Waals surface area contributed by atoms with E-state index in [1.807, 2.05) is 85.6 Å². The summed E-state index contributed by atoms with van der Waals surface area (Å²) in [7, 11) is 0. The zero-order chi connectivity index (χ0) is 25.9. The molecule has 1 aliphatic rings. The first-order valence-electron chi connectivity index (χ1n) is 12.6. The maximum atomic E-state index is 13.0. The highest BCUT2D eigenvalue weighted by atomic mass is 32.1. The van der Waals surface area contributed by atoms with Gasteiger partial charge in [0.15, 0.2) is 0 Å². The minimum absolute atomic E-state index is 0.0366. The second kappa shape index (κ2) is 10.7. The number of pyridine rings is 1. The number of aromatic nitrogens is 2. The van der Waals surface area contributed by atoms with Crippen molar-refractivity contribution in [3.8, 4) is 5.75 Å². The Balaban J connectivity index is 1.17. The van der Waals surface area contributed by atoms with Gasteiger partial charge in [-0.05, 0) is 82.1 Å². The van der Waals surface area contributed by atoms with Gasteiger partial charge in [0.25, 0.3) is 11.8 Å². The summed E-state index contributed by atoms with van der Waals surface area (Å²) >= 11 is 1.51. The van der Waals surface area contributed by atoms with E-state index in [0.717, 1.165) is 40.2 Å². The lowest BCUT2D eigenvalue weighted by molar-refractivity contribution is 0.0713. The number of anilines is 1. The second-order valence-electron chi connectivity index (χ2n) is 9.64. The number of nitrogens with one attached hydrogen (secondary N) is 1. The summed E-state index contributed by atoms with van der Waals surface area (Å²) in [4.78, 5) is 36.8. The molecule has 0 bridgehead atoms. The number of thiazole rings is 1. The monoisotopic (exact) mass is 514 g/mol. The number of hydrogen-bond donors (Lipinski definition) is 1. The third-order valence-corrected chi connectivity index (χ3v) is 7.45. The Hall–Kier alpha value is -3.78. The van der Waals surface area contributed by atoms with Gasteiger partial charge in [0, 0.05) is 46.7 Å². The Labute approximate surface area is 220 Å². The summed E-state index contributed by atoms with van der Waals surface area (Å²) in [6.45, 7) is 7.24. The Bertz CT molecular complexity index is 1420. The molecular formula is C29H30N4O3S. The van der Waals surface area contributed by atoms with Crippen LogP contribution in [0.5, 0.6) is 5.75 Å². The lowest BCUT2D eigenvalue weighted by Gasteiger charge is -2.31.